The molecule has 0 spiro atoms. The highest BCUT2D eigenvalue weighted by Gasteiger charge is 2.10. The third-order valence-corrected chi connectivity index (χ3v) is 4.04. The Morgan fingerprint density at radius 3 is 2.71 bits per heavy atom. The van der Waals surface area contributed by atoms with Gasteiger partial charge in [-0.1, -0.05) is 5.21 Å². The smallest absolute Gasteiger partial charge is 0.225 e. The van der Waals surface area contributed by atoms with E-state index in [1.54, 1.807) is 28.9 Å². The van der Waals surface area contributed by atoms with Crippen molar-refractivity contribution in [3.8, 4) is 11.4 Å². The molecule has 1 aromatic carbocycles. The second kappa shape index (κ2) is 8.01. The lowest BCUT2D eigenvalue weighted by molar-refractivity contribution is 0.146. The van der Waals surface area contributed by atoms with Crippen LogP contribution in [0.25, 0.3) is 16.9 Å². The van der Waals surface area contributed by atoms with E-state index in [9.17, 15) is 0 Å². The second-order valence-electron chi connectivity index (χ2n) is 6.11. The quantitative estimate of drug-likeness (QED) is 0.460. The predicted octanol–water partition coefficient (Wildman–Crippen LogP) is 1.58. The lowest BCUT2D eigenvalue weighted by Crippen LogP contribution is -2.05. The van der Waals surface area contributed by atoms with Crippen LogP contribution in [0.1, 0.15) is 5.56 Å². The first-order valence-corrected chi connectivity index (χ1v) is 8.75. The zero-order valence-corrected chi connectivity index (χ0v) is 15.6. The number of rotatable bonds is 8. The number of methoxy groups -OCH3 is 1. The van der Waals surface area contributed by atoms with Crippen LogP contribution in [0.3, 0.4) is 0 Å². The van der Waals surface area contributed by atoms with Crippen molar-refractivity contribution in [3.63, 3.8) is 0 Å². The summed E-state index contributed by atoms with van der Waals surface area (Å²) in [5.41, 5.74) is 3.12. The molecule has 0 saturated carbocycles. The number of hydrogen-bond acceptors (Lipinski definition) is 8. The van der Waals surface area contributed by atoms with Gasteiger partial charge >= 0.3 is 0 Å². The predicted molar refractivity (Wildman–Crippen MR) is 102 cm³/mol. The fraction of sp³-hybridized carbons (Fsp3) is 0.278. The lowest BCUT2D eigenvalue weighted by atomic mass is 10.3. The SMILES string of the molecule is COCCOc1ccc(-n2nnc3cnc(NCc4cnn(C)c4)nc32)cc1. The Hall–Kier alpha value is -3.53. The highest BCUT2D eigenvalue weighted by atomic mass is 16.5. The largest absolute Gasteiger partial charge is 0.491 e. The Balaban J connectivity index is 1.52. The van der Waals surface area contributed by atoms with Crippen LogP contribution in [-0.2, 0) is 18.3 Å². The molecular weight excluding hydrogens is 360 g/mol. The number of nitrogens with zero attached hydrogens (tertiary/aromatic N) is 7. The molecule has 0 unspecified atom stereocenters. The van der Waals surface area contributed by atoms with Gasteiger partial charge in [-0.3, -0.25) is 4.68 Å². The minimum absolute atomic E-state index is 0.499. The normalized spacial score (nSPS) is 11.1. The summed E-state index contributed by atoms with van der Waals surface area (Å²) in [4.78, 5) is 8.85. The highest BCUT2D eigenvalue weighted by Crippen LogP contribution is 2.18. The maximum absolute atomic E-state index is 5.59. The summed E-state index contributed by atoms with van der Waals surface area (Å²) in [6.07, 6.45) is 5.39. The molecule has 10 heteroatoms. The molecule has 0 atom stereocenters. The minimum atomic E-state index is 0.499. The topological polar surface area (TPSA) is 105 Å². The Labute approximate surface area is 161 Å². The number of benzene rings is 1. The molecule has 0 bridgehead atoms. The molecule has 0 aliphatic carbocycles. The molecule has 3 aromatic heterocycles. The summed E-state index contributed by atoms with van der Waals surface area (Å²) >= 11 is 0. The zero-order chi connectivity index (χ0) is 19.3. The minimum Gasteiger partial charge on any atom is -0.491 e. The van der Waals surface area contributed by atoms with E-state index >= 15 is 0 Å². The van der Waals surface area contributed by atoms with Crippen molar-refractivity contribution in [3.05, 3.63) is 48.4 Å². The summed E-state index contributed by atoms with van der Waals surface area (Å²) < 4.78 is 14.0. The summed E-state index contributed by atoms with van der Waals surface area (Å²) in [6, 6.07) is 7.56. The van der Waals surface area contributed by atoms with Gasteiger partial charge < -0.3 is 14.8 Å². The van der Waals surface area contributed by atoms with E-state index < -0.39 is 0 Å². The molecule has 1 N–H and O–H groups in total. The molecule has 0 radical (unpaired) electrons. The van der Waals surface area contributed by atoms with E-state index in [0.717, 1.165) is 17.0 Å². The van der Waals surface area contributed by atoms with Crippen molar-refractivity contribution in [1.29, 1.82) is 0 Å². The molecule has 0 fully saturated rings. The molecule has 10 nitrogen and oxygen atoms in total. The van der Waals surface area contributed by atoms with Crippen LogP contribution >= 0.6 is 0 Å². The van der Waals surface area contributed by atoms with Gasteiger partial charge in [0.25, 0.3) is 0 Å². The number of anilines is 1. The Morgan fingerprint density at radius 2 is 1.96 bits per heavy atom. The maximum Gasteiger partial charge on any atom is 0.225 e. The summed E-state index contributed by atoms with van der Waals surface area (Å²) in [5, 5.41) is 15.7. The van der Waals surface area contributed by atoms with Gasteiger partial charge in [0.05, 0.1) is 24.7 Å². The van der Waals surface area contributed by atoms with E-state index in [1.165, 1.54) is 0 Å². The number of aryl methyl sites for hydroxylation is 1. The van der Waals surface area contributed by atoms with Gasteiger partial charge in [-0.25, -0.2) is 4.98 Å². The molecule has 4 aromatic rings. The molecule has 3 heterocycles. The van der Waals surface area contributed by atoms with Gasteiger partial charge in [0.1, 0.15) is 12.4 Å². The van der Waals surface area contributed by atoms with E-state index in [4.69, 9.17) is 9.47 Å². The molecule has 144 valence electrons. The molecule has 0 aliphatic rings. The van der Waals surface area contributed by atoms with Crippen LogP contribution in [0, 0.1) is 0 Å². The van der Waals surface area contributed by atoms with Gasteiger partial charge in [0.15, 0.2) is 11.2 Å². The molecule has 4 rings (SSSR count). The van der Waals surface area contributed by atoms with E-state index in [2.05, 4.69) is 30.7 Å². The lowest BCUT2D eigenvalue weighted by Gasteiger charge is -2.07. The number of fused-ring (bicyclic) bond motifs is 1. The van der Waals surface area contributed by atoms with Crippen LogP contribution in [-0.4, -0.2) is 55.1 Å². The molecule has 0 amide bonds. The van der Waals surface area contributed by atoms with Crippen LogP contribution in [0.15, 0.2) is 42.9 Å². The van der Waals surface area contributed by atoms with E-state index in [0.29, 0.717) is 36.9 Å². The standard InChI is InChI=1S/C18H20N8O2/c1-25-12-13(10-21-25)9-19-18-20-11-16-17(22-18)26(24-23-16)14-3-5-15(6-4-14)28-8-7-27-2/h3-6,10-12H,7-9H2,1-2H3,(H,19,20,22). The van der Waals surface area contributed by atoms with Gasteiger partial charge in [-0.15, -0.1) is 5.10 Å². The number of hydrogen-bond donors (Lipinski definition) is 1. The van der Waals surface area contributed by atoms with Gasteiger partial charge in [-0.2, -0.15) is 14.8 Å². The maximum atomic E-state index is 5.59. The highest BCUT2D eigenvalue weighted by molar-refractivity contribution is 5.72. The fourth-order valence-corrected chi connectivity index (χ4v) is 2.66. The van der Waals surface area contributed by atoms with Crippen molar-refractivity contribution >= 4 is 17.1 Å². The van der Waals surface area contributed by atoms with Crippen LogP contribution in [0.5, 0.6) is 5.75 Å². The average molecular weight is 380 g/mol. The third kappa shape index (κ3) is 3.91. The summed E-state index contributed by atoms with van der Waals surface area (Å²) in [6.45, 7) is 1.62. The zero-order valence-electron chi connectivity index (χ0n) is 15.6. The molecule has 28 heavy (non-hydrogen) atoms. The fourth-order valence-electron chi connectivity index (χ4n) is 2.66. The van der Waals surface area contributed by atoms with E-state index in [-0.39, 0.29) is 0 Å². The molecule has 0 saturated heterocycles. The molecule has 0 aliphatic heterocycles. The van der Waals surface area contributed by atoms with Crippen molar-refractivity contribution in [2.75, 3.05) is 25.6 Å². The monoisotopic (exact) mass is 380 g/mol. The second-order valence-corrected chi connectivity index (χ2v) is 6.11. The Morgan fingerprint density at radius 1 is 1.11 bits per heavy atom. The number of nitrogens with one attached hydrogen (secondary N) is 1. The van der Waals surface area contributed by atoms with Crippen molar-refractivity contribution in [1.82, 2.24) is 34.7 Å². The van der Waals surface area contributed by atoms with Gasteiger partial charge in [0, 0.05) is 32.5 Å². The van der Waals surface area contributed by atoms with Crippen molar-refractivity contribution in [2.45, 2.75) is 6.54 Å². The average Bonchev–Trinajstić information content (AvgIpc) is 3.33. The number of ether oxygens (including phenoxy) is 2. The third-order valence-electron chi connectivity index (χ3n) is 4.04. The van der Waals surface area contributed by atoms with Crippen molar-refractivity contribution in [2.24, 2.45) is 7.05 Å². The van der Waals surface area contributed by atoms with Crippen LogP contribution in [0.2, 0.25) is 0 Å². The Kier molecular flexibility index (Phi) is 5.11. The first kappa shape index (κ1) is 17.9. The van der Waals surface area contributed by atoms with Gasteiger partial charge in [0.2, 0.25) is 5.95 Å². The molecular formula is C18H20N8O2. The van der Waals surface area contributed by atoms with E-state index in [1.807, 2.05) is 37.5 Å². The van der Waals surface area contributed by atoms with Gasteiger partial charge in [-0.05, 0) is 24.3 Å². The Bertz CT molecular complexity index is 1060. The summed E-state index contributed by atoms with van der Waals surface area (Å²) in [7, 11) is 3.52. The first-order chi connectivity index (χ1) is 13.7. The van der Waals surface area contributed by atoms with Crippen LogP contribution < -0.4 is 10.1 Å². The van der Waals surface area contributed by atoms with Crippen molar-refractivity contribution < 1.29 is 9.47 Å². The number of aromatic nitrogens is 7. The first-order valence-electron chi connectivity index (χ1n) is 8.75. The van der Waals surface area contributed by atoms with Crippen LogP contribution in [0.4, 0.5) is 5.95 Å². The summed E-state index contributed by atoms with van der Waals surface area (Å²) in [5.74, 6) is 1.26.